The van der Waals surface area contributed by atoms with Crippen molar-refractivity contribution in [3.05, 3.63) is 29.8 Å². The topological polar surface area (TPSA) is 35.2 Å². The van der Waals surface area contributed by atoms with E-state index in [4.69, 9.17) is 22.7 Å². The van der Waals surface area contributed by atoms with Gasteiger partial charge in [0, 0.05) is 0 Å². The minimum Gasteiger partial charge on any atom is -0.490 e. The van der Waals surface area contributed by atoms with Crippen molar-refractivity contribution in [3.8, 4) is 5.75 Å². The van der Waals surface area contributed by atoms with Gasteiger partial charge in [0.1, 0.15) is 10.7 Å². The van der Waals surface area contributed by atoms with Gasteiger partial charge < -0.3 is 10.5 Å². The SMILES string of the molecule is NC(=S)c1ccccc1OC1CCCCC1. The quantitative estimate of drug-likeness (QED) is 0.818. The molecule has 0 aromatic heterocycles. The highest BCUT2D eigenvalue weighted by Gasteiger charge is 2.16. The summed E-state index contributed by atoms with van der Waals surface area (Å²) in [6.45, 7) is 0. The van der Waals surface area contributed by atoms with Gasteiger partial charge in [0.05, 0.1) is 11.7 Å². The number of ether oxygens (including phenoxy) is 1. The van der Waals surface area contributed by atoms with Crippen LogP contribution in [0.2, 0.25) is 0 Å². The highest BCUT2D eigenvalue weighted by atomic mass is 32.1. The first-order valence-electron chi connectivity index (χ1n) is 5.83. The van der Waals surface area contributed by atoms with Crippen LogP contribution < -0.4 is 10.5 Å². The molecule has 3 heteroatoms. The molecule has 0 aliphatic heterocycles. The largest absolute Gasteiger partial charge is 0.490 e. The van der Waals surface area contributed by atoms with E-state index in [0.717, 1.165) is 24.2 Å². The summed E-state index contributed by atoms with van der Waals surface area (Å²) in [4.78, 5) is 0.409. The summed E-state index contributed by atoms with van der Waals surface area (Å²) in [7, 11) is 0. The number of hydrogen-bond donors (Lipinski definition) is 1. The Kier molecular flexibility index (Phi) is 3.78. The molecule has 0 atom stereocenters. The van der Waals surface area contributed by atoms with Crippen molar-refractivity contribution in [2.75, 3.05) is 0 Å². The van der Waals surface area contributed by atoms with E-state index < -0.39 is 0 Å². The Bertz CT molecular complexity index is 372. The second-order valence-electron chi connectivity index (χ2n) is 4.24. The van der Waals surface area contributed by atoms with Crippen LogP contribution in [0.1, 0.15) is 37.7 Å². The maximum absolute atomic E-state index is 5.98. The Morgan fingerprint density at radius 2 is 1.88 bits per heavy atom. The molecule has 86 valence electrons. The standard InChI is InChI=1S/C13H17NOS/c14-13(16)11-8-4-5-9-12(11)15-10-6-2-1-3-7-10/h4-5,8-10H,1-3,6-7H2,(H2,14,16). The predicted octanol–water partition coefficient (Wildman–Crippen LogP) is 3.03. The van der Waals surface area contributed by atoms with E-state index in [1.165, 1.54) is 19.3 Å². The van der Waals surface area contributed by atoms with Gasteiger partial charge in [-0.15, -0.1) is 0 Å². The van der Waals surface area contributed by atoms with Crippen LogP contribution in [0.3, 0.4) is 0 Å². The Hall–Kier alpha value is -1.09. The van der Waals surface area contributed by atoms with E-state index >= 15 is 0 Å². The minimum absolute atomic E-state index is 0.337. The van der Waals surface area contributed by atoms with Gasteiger partial charge in [-0.05, 0) is 37.8 Å². The van der Waals surface area contributed by atoms with Gasteiger partial charge in [-0.25, -0.2) is 0 Å². The summed E-state index contributed by atoms with van der Waals surface area (Å²) >= 11 is 5.02. The van der Waals surface area contributed by atoms with Crippen LogP contribution >= 0.6 is 12.2 Å². The molecule has 2 nitrogen and oxygen atoms in total. The zero-order valence-electron chi connectivity index (χ0n) is 9.32. The van der Waals surface area contributed by atoms with Crippen LogP contribution in [-0.4, -0.2) is 11.1 Å². The molecule has 1 aliphatic carbocycles. The van der Waals surface area contributed by atoms with Crippen LogP contribution in [0.15, 0.2) is 24.3 Å². The van der Waals surface area contributed by atoms with E-state index in [1.807, 2.05) is 24.3 Å². The lowest BCUT2D eigenvalue weighted by Crippen LogP contribution is -2.21. The lowest BCUT2D eigenvalue weighted by atomic mass is 9.97. The Balaban J connectivity index is 2.10. The second kappa shape index (κ2) is 5.30. The lowest BCUT2D eigenvalue weighted by molar-refractivity contribution is 0.155. The van der Waals surface area contributed by atoms with Crippen molar-refractivity contribution in [2.24, 2.45) is 5.73 Å². The van der Waals surface area contributed by atoms with Gasteiger partial charge >= 0.3 is 0 Å². The first-order valence-corrected chi connectivity index (χ1v) is 6.23. The summed E-state index contributed by atoms with van der Waals surface area (Å²) in [6, 6.07) is 7.76. The molecule has 0 spiro atoms. The number of rotatable bonds is 3. The fourth-order valence-corrected chi connectivity index (χ4v) is 2.30. The molecule has 0 unspecified atom stereocenters. The third kappa shape index (κ3) is 2.73. The summed E-state index contributed by atoms with van der Waals surface area (Å²) < 4.78 is 5.98. The molecule has 0 heterocycles. The number of benzene rings is 1. The van der Waals surface area contributed by atoms with Gasteiger partial charge in [0.15, 0.2) is 0 Å². The summed E-state index contributed by atoms with van der Waals surface area (Å²) in [5.74, 6) is 0.835. The van der Waals surface area contributed by atoms with E-state index in [0.29, 0.717) is 11.1 Å². The zero-order chi connectivity index (χ0) is 11.4. The molecule has 0 bridgehead atoms. The number of para-hydroxylation sites is 1. The molecular formula is C13H17NOS. The van der Waals surface area contributed by atoms with Crippen molar-refractivity contribution in [1.82, 2.24) is 0 Å². The predicted molar refractivity (Wildman–Crippen MR) is 69.8 cm³/mol. The van der Waals surface area contributed by atoms with Crippen molar-refractivity contribution >= 4 is 17.2 Å². The number of nitrogens with two attached hydrogens (primary N) is 1. The van der Waals surface area contributed by atoms with E-state index in [9.17, 15) is 0 Å². The van der Waals surface area contributed by atoms with Crippen LogP contribution in [0, 0.1) is 0 Å². The van der Waals surface area contributed by atoms with Crippen molar-refractivity contribution in [2.45, 2.75) is 38.2 Å². The van der Waals surface area contributed by atoms with Gasteiger partial charge in [-0.3, -0.25) is 0 Å². The fraction of sp³-hybridized carbons (Fsp3) is 0.462. The van der Waals surface area contributed by atoms with E-state index in [1.54, 1.807) is 0 Å². The maximum atomic E-state index is 5.98. The first kappa shape index (κ1) is 11.4. The molecular weight excluding hydrogens is 218 g/mol. The zero-order valence-corrected chi connectivity index (χ0v) is 10.1. The average molecular weight is 235 g/mol. The number of thiocarbonyl (C=S) groups is 1. The van der Waals surface area contributed by atoms with Crippen LogP contribution in [-0.2, 0) is 0 Å². The molecule has 0 amide bonds. The Labute approximate surface area is 102 Å². The molecule has 0 radical (unpaired) electrons. The van der Waals surface area contributed by atoms with Crippen molar-refractivity contribution < 1.29 is 4.74 Å². The first-order chi connectivity index (χ1) is 7.77. The normalized spacial score (nSPS) is 17.0. The molecule has 1 aliphatic rings. The van der Waals surface area contributed by atoms with Gasteiger partial charge in [-0.1, -0.05) is 30.8 Å². The van der Waals surface area contributed by atoms with Crippen molar-refractivity contribution in [3.63, 3.8) is 0 Å². The van der Waals surface area contributed by atoms with E-state index in [-0.39, 0.29) is 0 Å². The minimum atomic E-state index is 0.337. The average Bonchev–Trinajstić information content (AvgIpc) is 2.31. The Morgan fingerprint density at radius 1 is 1.19 bits per heavy atom. The molecule has 2 rings (SSSR count). The van der Waals surface area contributed by atoms with Crippen LogP contribution in [0.25, 0.3) is 0 Å². The van der Waals surface area contributed by atoms with Crippen LogP contribution in [0.4, 0.5) is 0 Å². The molecule has 0 saturated heterocycles. The molecule has 1 fully saturated rings. The molecule has 16 heavy (non-hydrogen) atoms. The monoisotopic (exact) mass is 235 g/mol. The second-order valence-corrected chi connectivity index (χ2v) is 4.68. The highest BCUT2D eigenvalue weighted by Crippen LogP contribution is 2.25. The third-order valence-electron chi connectivity index (χ3n) is 3.00. The van der Waals surface area contributed by atoms with Gasteiger partial charge in [-0.2, -0.15) is 0 Å². The van der Waals surface area contributed by atoms with Crippen molar-refractivity contribution in [1.29, 1.82) is 0 Å². The third-order valence-corrected chi connectivity index (χ3v) is 3.22. The molecule has 1 aromatic rings. The van der Waals surface area contributed by atoms with Crippen LogP contribution in [0.5, 0.6) is 5.75 Å². The summed E-state index contributed by atoms with van der Waals surface area (Å²) in [5, 5.41) is 0. The van der Waals surface area contributed by atoms with E-state index in [2.05, 4.69) is 0 Å². The molecule has 2 N–H and O–H groups in total. The number of hydrogen-bond acceptors (Lipinski definition) is 2. The molecule has 1 saturated carbocycles. The highest BCUT2D eigenvalue weighted by molar-refractivity contribution is 7.80. The fourth-order valence-electron chi connectivity index (χ4n) is 2.14. The smallest absolute Gasteiger partial charge is 0.129 e. The summed E-state index contributed by atoms with van der Waals surface area (Å²) in [6.07, 6.45) is 6.48. The Morgan fingerprint density at radius 3 is 2.56 bits per heavy atom. The van der Waals surface area contributed by atoms with Gasteiger partial charge in [0.2, 0.25) is 0 Å². The maximum Gasteiger partial charge on any atom is 0.129 e. The lowest BCUT2D eigenvalue weighted by Gasteiger charge is -2.24. The summed E-state index contributed by atoms with van der Waals surface area (Å²) in [5.41, 5.74) is 6.52. The van der Waals surface area contributed by atoms with Gasteiger partial charge in [0.25, 0.3) is 0 Å². The molecule has 1 aromatic carbocycles.